The largest absolute Gasteiger partial charge is 0.459 e. The first-order valence-electron chi connectivity index (χ1n) is 14.3. The lowest BCUT2D eigenvalue weighted by Gasteiger charge is -2.34. The van der Waals surface area contributed by atoms with Crippen molar-refractivity contribution >= 4 is 18.0 Å². The molecule has 3 aromatic rings. The summed E-state index contributed by atoms with van der Waals surface area (Å²) in [5.74, 6) is 0.829. The zero-order valence-corrected chi connectivity index (χ0v) is 25.2. The van der Waals surface area contributed by atoms with Gasteiger partial charge in [0.15, 0.2) is 0 Å². The number of carbonyl (C=O) groups is 3. The van der Waals surface area contributed by atoms with Crippen LogP contribution in [0.1, 0.15) is 55.2 Å². The summed E-state index contributed by atoms with van der Waals surface area (Å²) in [7, 11) is 0. The fourth-order valence-corrected chi connectivity index (χ4v) is 4.42. The average molecular weight is 601 g/mol. The molecule has 44 heavy (non-hydrogen) atoms. The van der Waals surface area contributed by atoms with Crippen molar-refractivity contribution in [1.82, 2.24) is 9.80 Å². The van der Waals surface area contributed by atoms with Gasteiger partial charge < -0.3 is 34.5 Å². The third kappa shape index (κ3) is 8.49. The van der Waals surface area contributed by atoms with Gasteiger partial charge in [-0.1, -0.05) is 12.1 Å². The number of amides is 2. The monoisotopic (exact) mass is 600 g/mol. The van der Waals surface area contributed by atoms with E-state index >= 15 is 0 Å². The van der Waals surface area contributed by atoms with Gasteiger partial charge in [0.2, 0.25) is 0 Å². The number of nitrogens with zero attached hydrogens (tertiary/aromatic N) is 3. The zero-order chi connectivity index (χ0) is 31.9. The molecule has 0 radical (unpaired) electrons. The van der Waals surface area contributed by atoms with Gasteiger partial charge in [0.25, 0.3) is 5.91 Å². The van der Waals surface area contributed by atoms with Crippen molar-refractivity contribution in [1.29, 1.82) is 5.26 Å². The molecular formula is C33H36N4O7. The second-order valence-corrected chi connectivity index (χ2v) is 11.1. The third-order valence-electron chi connectivity index (χ3n) is 6.57. The van der Waals surface area contributed by atoms with Crippen LogP contribution in [-0.2, 0) is 14.3 Å². The normalized spacial score (nSPS) is 13.8. The average Bonchev–Trinajstić information content (AvgIpc) is 3.00. The lowest BCUT2D eigenvalue weighted by atomic mass is 10.1. The van der Waals surface area contributed by atoms with Gasteiger partial charge in [-0.15, -0.1) is 0 Å². The van der Waals surface area contributed by atoms with Crippen LogP contribution < -0.4 is 15.2 Å². The molecule has 1 atom stereocenters. The van der Waals surface area contributed by atoms with Crippen molar-refractivity contribution in [2.24, 2.45) is 5.73 Å². The highest BCUT2D eigenvalue weighted by Gasteiger charge is 2.27. The van der Waals surface area contributed by atoms with Crippen molar-refractivity contribution in [2.45, 2.75) is 39.3 Å². The van der Waals surface area contributed by atoms with Crippen LogP contribution >= 0.6 is 0 Å². The number of carbonyl (C=O) groups excluding carboxylic acids is 3. The number of esters is 1. The van der Waals surface area contributed by atoms with Crippen LogP contribution in [0.5, 0.6) is 23.0 Å². The van der Waals surface area contributed by atoms with Gasteiger partial charge in [-0.25, -0.2) is 9.59 Å². The number of nitrogens with two attached hydrogens (primary N) is 1. The van der Waals surface area contributed by atoms with Gasteiger partial charge >= 0.3 is 12.1 Å². The first-order chi connectivity index (χ1) is 21.0. The summed E-state index contributed by atoms with van der Waals surface area (Å²) in [5.41, 5.74) is 6.82. The molecular weight excluding hydrogens is 564 g/mol. The number of benzene rings is 3. The van der Waals surface area contributed by atoms with Crippen molar-refractivity contribution in [2.75, 3.05) is 32.8 Å². The predicted octanol–water partition coefficient (Wildman–Crippen LogP) is 5.40. The van der Waals surface area contributed by atoms with Gasteiger partial charge in [-0.05, 0) is 81.8 Å². The topological polar surface area (TPSA) is 144 Å². The summed E-state index contributed by atoms with van der Waals surface area (Å²) >= 11 is 0. The molecule has 2 amide bonds. The van der Waals surface area contributed by atoms with E-state index in [1.54, 1.807) is 104 Å². The van der Waals surface area contributed by atoms with Gasteiger partial charge in [-0.3, -0.25) is 4.79 Å². The molecule has 2 N–H and O–H groups in total. The van der Waals surface area contributed by atoms with Crippen LogP contribution in [0.25, 0.3) is 0 Å². The summed E-state index contributed by atoms with van der Waals surface area (Å²) in [4.78, 5) is 41.3. The van der Waals surface area contributed by atoms with Gasteiger partial charge in [0.1, 0.15) is 34.6 Å². The van der Waals surface area contributed by atoms with Crippen molar-refractivity contribution in [3.8, 4) is 29.1 Å². The second kappa shape index (κ2) is 13.9. The molecule has 1 unspecified atom stereocenters. The number of hydrogen-bond donors (Lipinski definition) is 1. The second-order valence-electron chi connectivity index (χ2n) is 11.1. The molecule has 1 heterocycles. The molecule has 1 aliphatic rings. The summed E-state index contributed by atoms with van der Waals surface area (Å²) in [5, 5.41) is 9.10. The van der Waals surface area contributed by atoms with Gasteiger partial charge in [-0.2, -0.15) is 5.26 Å². The number of nitriles is 1. The van der Waals surface area contributed by atoms with Crippen LogP contribution in [0.4, 0.5) is 4.79 Å². The minimum atomic E-state index is -0.957. The van der Waals surface area contributed by atoms with Crippen LogP contribution in [-0.4, -0.2) is 66.2 Å². The Bertz CT molecular complexity index is 1520. The Balaban J connectivity index is 1.55. The highest BCUT2D eigenvalue weighted by atomic mass is 16.6. The predicted molar refractivity (Wildman–Crippen MR) is 161 cm³/mol. The highest BCUT2D eigenvalue weighted by molar-refractivity contribution is 5.95. The summed E-state index contributed by atoms with van der Waals surface area (Å²) in [6.45, 7) is 8.74. The standard InChI is InChI=1S/C33H36N4O7/c1-5-41-32(40)37-16-14-36(15-17-37)30(38)24-18-27(42-25-10-6-22(21-34)7-11-25)20-28(19-24)43-26-12-8-23(9-13-26)29(35)31(39)44-33(2,3)4/h6-13,18-20,29H,5,14-17,35H2,1-4H3. The number of rotatable bonds is 8. The van der Waals surface area contributed by atoms with Crippen LogP contribution in [0.15, 0.2) is 66.7 Å². The quantitative estimate of drug-likeness (QED) is 0.336. The Morgan fingerprint density at radius 2 is 1.36 bits per heavy atom. The van der Waals surface area contributed by atoms with Crippen molar-refractivity contribution in [3.63, 3.8) is 0 Å². The summed E-state index contributed by atoms with van der Waals surface area (Å²) in [6.07, 6.45) is -0.397. The molecule has 0 saturated carbocycles. The SMILES string of the molecule is CCOC(=O)N1CCN(C(=O)c2cc(Oc3ccc(C#N)cc3)cc(Oc3ccc(C(N)C(=O)OC(C)(C)C)cc3)c2)CC1. The first-order valence-corrected chi connectivity index (χ1v) is 14.3. The fraction of sp³-hybridized carbons (Fsp3) is 0.333. The Morgan fingerprint density at radius 1 is 0.841 bits per heavy atom. The molecule has 230 valence electrons. The van der Waals surface area contributed by atoms with Crippen LogP contribution in [0.3, 0.4) is 0 Å². The van der Waals surface area contributed by atoms with Gasteiger partial charge in [0, 0.05) is 37.8 Å². The van der Waals surface area contributed by atoms with E-state index in [-0.39, 0.29) is 12.5 Å². The van der Waals surface area contributed by atoms with E-state index in [4.69, 9.17) is 29.9 Å². The van der Waals surface area contributed by atoms with E-state index in [2.05, 4.69) is 6.07 Å². The molecule has 1 aliphatic heterocycles. The maximum absolute atomic E-state index is 13.6. The summed E-state index contributed by atoms with van der Waals surface area (Å²) < 4.78 is 22.6. The van der Waals surface area contributed by atoms with E-state index in [0.717, 1.165) is 0 Å². The molecule has 3 aromatic carbocycles. The third-order valence-corrected chi connectivity index (χ3v) is 6.57. The molecule has 1 fully saturated rings. The Labute approximate surface area is 256 Å². The van der Waals surface area contributed by atoms with E-state index in [1.165, 1.54) is 0 Å². The molecule has 1 saturated heterocycles. The molecule has 11 heteroatoms. The molecule has 0 aliphatic carbocycles. The first kappa shape index (κ1) is 31.8. The number of piperazine rings is 1. The van der Waals surface area contributed by atoms with E-state index in [1.807, 2.05) is 0 Å². The van der Waals surface area contributed by atoms with Gasteiger partial charge in [0.05, 0.1) is 18.2 Å². The van der Waals surface area contributed by atoms with E-state index in [0.29, 0.717) is 65.9 Å². The maximum atomic E-state index is 13.6. The van der Waals surface area contributed by atoms with E-state index in [9.17, 15) is 14.4 Å². The molecule has 0 spiro atoms. The Kier molecular flexibility index (Phi) is 10.1. The van der Waals surface area contributed by atoms with E-state index < -0.39 is 23.7 Å². The lowest BCUT2D eigenvalue weighted by molar-refractivity contribution is -0.156. The smallest absolute Gasteiger partial charge is 0.409 e. The minimum absolute atomic E-state index is 0.248. The van der Waals surface area contributed by atoms with Crippen molar-refractivity contribution < 1.29 is 33.3 Å². The number of ether oxygens (including phenoxy) is 4. The van der Waals surface area contributed by atoms with Crippen LogP contribution in [0.2, 0.25) is 0 Å². The molecule has 0 bridgehead atoms. The maximum Gasteiger partial charge on any atom is 0.409 e. The minimum Gasteiger partial charge on any atom is -0.459 e. The van der Waals surface area contributed by atoms with Crippen LogP contribution in [0, 0.1) is 11.3 Å². The number of hydrogen-bond acceptors (Lipinski definition) is 9. The lowest BCUT2D eigenvalue weighted by Crippen LogP contribution is -2.50. The Morgan fingerprint density at radius 3 is 1.86 bits per heavy atom. The van der Waals surface area contributed by atoms with Crippen molar-refractivity contribution in [3.05, 3.63) is 83.4 Å². The molecule has 11 nitrogen and oxygen atoms in total. The Hall–Kier alpha value is -5.08. The molecule has 4 rings (SSSR count). The molecule has 0 aromatic heterocycles. The summed E-state index contributed by atoms with van der Waals surface area (Å²) in [6, 6.07) is 19.3. The zero-order valence-electron chi connectivity index (χ0n) is 25.2. The highest BCUT2D eigenvalue weighted by Crippen LogP contribution is 2.32. The fourth-order valence-electron chi connectivity index (χ4n) is 4.42.